The Hall–Kier alpha value is -4.35. The minimum absolute atomic E-state index is 0.0330. The van der Waals surface area contributed by atoms with Crippen LogP contribution in [0.4, 0.5) is 0 Å². The predicted molar refractivity (Wildman–Crippen MR) is 227 cm³/mol. The fourth-order valence-electron chi connectivity index (χ4n) is 3.68. The average Bonchev–Trinajstić information content (AvgIpc) is 3.82. The van der Waals surface area contributed by atoms with Crippen molar-refractivity contribution in [1.82, 2.24) is 34.6 Å². The van der Waals surface area contributed by atoms with Crippen molar-refractivity contribution in [3.63, 3.8) is 0 Å². The second-order valence-corrected chi connectivity index (χ2v) is 23.4. The summed E-state index contributed by atoms with van der Waals surface area (Å²) in [7, 11) is -16.4. The van der Waals surface area contributed by atoms with Gasteiger partial charge in [0, 0.05) is 33.4 Å². The van der Waals surface area contributed by atoms with Crippen molar-refractivity contribution < 1.29 is 57.6 Å². The van der Waals surface area contributed by atoms with E-state index in [1.807, 2.05) is 14.2 Å². The SMILES string of the molecule is CC(=O)Cc1nnc(S(=O)(=O)NC(=O)C(C)C)s1.CC(C)C(=O)NS(=O)(=O)c1cc(Cl)cc(S(N)(=O)=O)c1.CC(C)C(=O)NS(=O)(=O)c1nnc(CC(=O)c2ccc(Cl)cc2)s1. The number of hydrogen-bond acceptors (Lipinski definition) is 19. The average molecular weight is 1020 g/mol. The molecule has 0 spiro atoms. The van der Waals surface area contributed by atoms with Gasteiger partial charge < -0.3 is 0 Å². The molecule has 4 rings (SSSR count). The number of carbonyl (C=O) groups is 5. The molecule has 3 amide bonds. The van der Waals surface area contributed by atoms with Gasteiger partial charge in [-0.05, 0) is 49.4 Å². The molecule has 21 nitrogen and oxygen atoms in total. The lowest BCUT2D eigenvalue weighted by Gasteiger charge is -2.10. The van der Waals surface area contributed by atoms with Gasteiger partial charge in [0.1, 0.15) is 15.8 Å². The lowest BCUT2D eigenvalue weighted by Crippen LogP contribution is -2.33. The normalized spacial score (nSPS) is 11.8. The zero-order valence-electron chi connectivity index (χ0n) is 33.6. The fourth-order valence-corrected chi connectivity index (χ4v) is 10.4. The first kappa shape index (κ1) is 53.8. The van der Waals surface area contributed by atoms with Gasteiger partial charge in [0.25, 0.3) is 38.7 Å². The summed E-state index contributed by atoms with van der Waals surface area (Å²) in [6.45, 7) is 10.7. The number of rotatable bonds is 15. The quantitative estimate of drug-likeness (QED) is 0.124. The fraction of sp³-hybridized carbons (Fsp3) is 0.364. The maximum absolute atomic E-state index is 12.1. The van der Waals surface area contributed by atoms with Crippen molar-refractivity contribution in [2.75, 3.05) is 0 Å². The number of primary sulfonamides is 1. The van der Waals surface area contributed by atoms with Crippen LogP contribution >= 0.6 is 45.9 Å². The molecule has 0 aliphatic rings. The first-order chi connectivity index (χ1) is 28.3. The molecule has 340 valence electrons. The zero-order chi connectivity index (χ0) is 47.5. The van der Waals surface area contributed by atoms with Gasteiger partial charge in [0.2, 0.25) is 27.7 Å². The molecule has 0 fully saturated rings. The minimum atomic E-state index is -4.21. The summed E-state index contributed by atoms with van der Waals surface area (Å²) in [5.74, 6) is -3.84. The number of ketones is 2. The first-order valence-corrected chi connectivity index (χ1v) is 25.7. The van der Waals surface area contributed by atoms with E-state index < -0.39 is 85.4 Å². The van der Waals surface area contributed by atoms with Gasteiger partial charge in [-0.3, -0.25) is 24.0 Å². The van der Waals surface area contributed by atoms with Crippen molar-refractivity contribution in [3.8, 4) is 0 Å². The van der Waals surface area contributed by atoms with Gasteiger partial charge in [0.15, 0.2) is 5.78 Å². The van der Waals surface area contributed by atoms with Crippen molar-refractivity contribution in [2.45, 2.75) is 79.8 Å². The van der Waals surface area contributed by atoms with Crippen molar-refractivity contribution >= 4 is 115 Å². The molecule has 2 aromatic heterocycles. The van der Waals surface area contributed by atoms with E-state index in [9.17, 15) is 57.6 Å². The number of nitrogens with one attached hydrogen (secondary N) is 3. The highest BCUT2D eigenvalue weighted by Crippen LogP contribution is 2.22. The first-order valence-electron chi connectivity index (χ1n) is 17.3. The number of nitrogens with zero attached hydrogens (tertiary/aromatic N) is 4. The second-order valence-electron chi connectivity index (χ2n) is 13.5. The Labute approximate surface area is 375 Å². The van der Waals surface area contributed by atoms with Crippen LogP contribution in [0.25, 0.3) is 0 Å². The van der Waals surface area contributed by atoms with Crippen LogP contribution in [0.15, 0.2) is 60.9 Å². The minimum Gasteiger partial charge on any atom is -0.300 e. The van der Waals surface area contributed by atoms with Crippen LogP contribution in [0.2, 0.25) is 10.0 Å². The summed E-state index contributed by atoms with van der Waals surface area (Å²) in [5.41, 5.74) is 0.437. The molecule has 0 aliphatic heterocycles. The van der Waals surface area contributed by atoms with E-state index >= 15 is 0 Å². The Morgan fingerprint density at radius 2 is 0.968 bits per heavy atom. The third kappa shape index (κ3) is 17.1. The van der Waals surface area contributed by atoms with Crippen LogP contribution in [0, 0.1) is 17.8 Å². The summed E-state index contributed by atoms with van der Waals surface area (Å²) in [4.78, 5) is 56.4. The van der Waals surface area contributed by atoms with Gasteiger partial charge >= 0.3 is 0 Å². The number of amides is 3. The number of carbonyl (C=O) groups excluding carboxylic acids is 5. The van der Waals surface area contributed by atoms with Crippen LogP contribution in [0.3, 0.4) is 0 Å². The Morgan fingerprint density at radius 1 is 0.581 bits per heavy atom. The maximum Gasteiger partial charge on any atom is 0.293 e. The van der Waals surface area contributed by atoms with Crippen LogP contribution < -0.4 is 19.3 Å². The van der Waals surface area contributed by atoms with E-state index in [-0.39, 0.29) is 43.1 Å². The van der Waals surface area contributed by atoms with Crippen LogP contribution in [0.5, 0.6) is 0 Å². The summed E-state index contributed by atoms with van der Waals surface area (Å²) in [6, 6.07) is 9.19. The second kappa shape index (κ2) is 22.3. The monoisotopic (exact) mass is 1020 g/mol. The third-order valence-corrected chi connectivity index (χ3v) is 15.0. The number of nitrogens with two attached hydrogens (primary N) is 1. The molecule has 0 unspecified atom stereocenters. The highest BCUT2D eigenvalue weighted by molar-refractivity contribution is 7.92. The topological polar surface area (TPSA) is 336 Å². The smallest absolute Gasteiger partial charge is 0.293 e. The summed E-state index contributed by atoms with van der Waals surface area (Å²) in [5, 5.41) is 20.2. The number of aromatic nitrogens is 4. The van der Waals surface area contributed by atoms with Gasteiger partial charge in [-0.1, -0.05) is 87.4 Å². The van der Waals surface area contributed by atoms with Crippen molar-refractivity contribution in [1.29, 1.82) is 0 Å². The summed E-state index contributed by atoms with van der Waals surface area (Å²) < 4.78 is 98.9. The molecule has 0 atom stereocenters. The summed E-state index contributed by atoms with van der Waals surface area (Å²) >= 11 is 12.9. The molecule has 29 heteroatoms. The van der Waals surface area contributed by atoms with E-state index in [0.717, 1.165) is 40.9 Å². The van der Waals surface area contributed by atoms with E-state index in [0.29, 0.717) is 15.6 Å². The number of sulfonamides is 4. The maximum atomic E-state index is 12.1. The third-order valence-electron chi connectivity index (χ3n) is 7.00. The molecular formula is C33H40Cl2N8O13S6. The lowest BCUT2D eigenvalue weighted by atomic mass is 10.1. The van der Waals surface area contributed by atoms with Crippen molar-refractivity contribution in [3.05, 3.63) is 68.1 Å². The van der Waals surface area contributed by atoms with Crippen LogP contribution in [-0.2, 0) is 72.1 Å². The molecule has 5 N–H and O–H groups in total. The Kier molecular flexibility index (Phi) is 19.4. The standard InChI is InChI=1S/C14H14ClN3O4S2.C10H13ClN2O5S2.C9H13N3O4S2/c1-8(2)13(20)18-24(21,22)14-17-16-12(23-14)7-11(19)9-3-5-10(15)6-4-9;1-6(2)10(14)13-20(17,18)9-4-7(11)3-8(5-9)19(12,15)16;1-5(2)8(14)12-18(15,16)9-11-10-7(17-9)4-6(3)13/h3-6,8H,7H2,1-2H3,(H,18,20);3-6H,1-2H3,(H,13,14)(H2,12,15,16);5H,4H2,1-3H3,(H,12,14). The molecule has 4 aromatic rings. The predicted octanol–water partition coefficient (Wildman–Crippen LogP) is 2.66. The molecule has 0 bridgehead atoms. The highest BCUT2D eigenvalue weighted by atomic mass is 35.5. The van der Waals surface area contributed by atoms with Crippen LogP contribution in [0.1, 0.15) is 68.8 Å². The van der Waals surface area contributed by atoms with Crippen molar-refractivity contribution in [2.24, 2.45) is 22.9 Å². The number of halogens is 2. The van der Waals surface area contributed by atoms with E-state index in [2.05, 4.69) is 20.4 Å². The Morgan fingerprint density at radius 3 is 1.35 bits per heavy atom. The molecule has 2 aromatic carbocycles. The van der Waals surface area contributed by atoms with E-state index in [4.69, 9.17) is 28.3 Å². The number of benzene rings is 2. The Balaban J connectivity index is 0.000000324. The number of hydrogen-bond donors (Lipinski definition) is 4. The van der Waals surface area contributed by atoms with E-state index in [1.54, 1.807) is 52.0 Å². The van der Waals surface area contributed by atoms with Gasteiger partial charge in [-0.25, -0.2) is 36.1 Å². The summed E-state index contributed by atoms with van der Waals surface area (Å²) in [6.07, 6.45) is -0.0573. The molecule has 0 radical (unpaired) electrons. The Bertz CT molecular complexity index is 2760. The molecular weight excluding hydrogens is 980 g/mol. The molecule has 0 aliphatic carbocycles. The zero-order valence-corrected chi connectivity index (χ0v) is 40.0. The van der Waals surface area contributed by atoms with Crippen LogP contribution in [-0.4, -0.2) is 83.4 Å². The molecule has 62 heavy (non-hydrogen) atoms. The number of Topliss-reactive ketones (excluding diaryl/α,β-unsaturated/α-hetero) is 2. The van der Waals surface area contributed by atoms with Gasteiger partial charge in [0.05, 0.1) is 22.6 Å². The highest BCUT2D eigenvalue weighted by Gasteiger charge is 2.26. The van der Waals surface area contributed by atoms with Gasteiger partial charge in [-0.2, -0.15) is 16.8 Å². The molecule has 0 saturated carbocycles. The lowest BCUT2D eigenvalue weighted by molar-refractivity contribution is -0.123. The van der Waals surface area contributed by atoms with E-state index in [1.165, 1.54) is 20.8 Å². The largest absolute Gasteiger partial charge is 0.300 e. The molecule has 0 saturated heterocycles. The molecule has 2 heterocycles. The van der Waals surface area contributed by atoms with Gasteiger partial charge in [-0.15, -0.1) is 20.4 Å².